The lowest BCUT2D eigenvalue weighted by molar-refractivity contribution is 0.318. The zero-order chi connectivity index (χ0) is 18.3. The first-order valence-corrected chi connectivity index (χ1v) is 9.67. The van der Waals surface area contributed by atoms with Gasteiger partial charge in [-0.3, -0.25) is 4.68 Å². The Kier molecular flexibility index (Phi) is 4.47. The maximum atomic E-state index is 4.55. The highest BCUT2D eigenvalue weighted by Gasteiger charge is 2.40. The van der Waals surface area contributed by atoms with Crippen LogP contribution in [-0.4, -0.2) is 57.4 Å². The van der Waals surface area contributed by atoms with Crippen LogP contribution in [0.25, 0.3) is 0 Å². The first-order chi connectivity index (χ1) is 12.4. The molecule has 4 heterocycles. The van der Waals surface area contributed by atoms with E-state index in [-0.39, 0.29) is 5.41 Å². The Morgan fingerprint density at radius 2 is 1.81 bits per heavy atom. The lowest BCUT2D eigenvalue weighted by Crippen LogP contribution is -2.31. The van der Waals surface area contributed by atoms with Gasteiger partial charge in [-0.15, -0.1) is 0 Å². The topological polar surface area (TPSA) is 50.1 Å². The second-order valence-corrected chi connectivity index (χ2v) is 8.89. The third-order valence-electron chi connectivity index (χ3n) is 5.91. The standard InChI is InChI=1S/C20H30N6/c1-20(2,3)18-9-19(22-14-21-18)26-12-15-10-25(11-16(15)13-26)8-6-17-5-7-23-24(17)4/h5,7,9,14-16H,6,8,10-13H2,1-4H3. The number of hydrogen-bond acceptors (Lipinski definition) is 5. The van der Waals surface area contributed by atoms with Crippen molar-refractivity contribution in [1.29, 1.82) is 0 Å². The Labute approximate surface area is 156 Å². The molecule has 2 aliphatic rings. The molecule has 0 radical (unpaired) electrons. The van der Waals surface area contributed by atoms with Crippen molar-refractivity contribution in [2.75, 3.05) is 37.6 Å². The van der Waals surface area contributed by atoms with E-state index in [4.69, 9.17) is 0 Å². The predicted molar refractivity (Wildman–Crippen MR) is 103 cm³/mol. The lowest BCUT2D eigenvalue weighted by Gasteiger charge is -2.24. The average molecular weight is 355 g/mol. The highest BCUT2D eigenvalue weighted by molar-refractivity contribution is 5.42. The number of aryl methyl sites for hydroxylation is 1. The van der Waals surface area contributed by atoms with Crippen LogP contribution in [0.4, 0.5) is 5.82 Å². The zero-order valence-corrected chi connectivity index (χ0v) is 16.4. The number of anilines is 1. The highest BCUT2D eigenvalue weighted by atomic mass is 15.3. The minimum Gasteiger partial charge on any atom is -0.356 e. The van der Waals surface area contributed by atoms with Gasteiger partial charge >= 0.3 is 0 Å². The van der Waals surface area contributed by atoms with Crippen LogP contribution in [0.5, 0.6) is 0 Å². The van der Waals surface area contributed by atoms with E-state index >= 15 is 0 Å². The molecule has 2 aromatic rings. The third-order valence-corrected chi connectivity index (χ3v) is 5.91. The van der Waals surface area contributed by atoms with Gasteiger partial charge in [0.15, 0.2) is 0 Å². The Hall–Kier alpha value is -1.95. The van der Waals surface area contributed by atoms with Gasteiger partial charge in [0.05, 0.1) is 5.69 Å². The fourth-order valence-electron chi connectivity index (χ4n) is 4.31. The minimum absolute atomic E-state index is 0.0654. The van der Waals surface area contributed by atoms with Crippen molar-refractivity contribution in [3.63, 3.8) is 0 Å². The van der Waals surface area contributed by atoms with E-state index in [2.05, 4.69) is 57.8 Å². The van der Waals surface area contributed by atoms with Crippen LogP contribution >= 0.6 is 0 Å². The van der Waals surface area contributed by atoms with Crippen LogP contribution in [0, 0.1) is 11.8 Å². The molecule has 2 saturated heterocycles. The summed E-state index contributed by atoms with van der Waals surface area (Å²) in [5, 5.41) is 4.27. The molecule has 0 aromatic carbocycles. The molecular weight excluding hydrogens is 324 g/mol. The van der Waals surface area contributed by atoms with Crippen LogP contribution in [0.3, 0.4) is 0 Å². The smallest absolute Gasteiger partial charge is 0.132 e. The molecule has 0 aliphatic carbocycles. The van der Waals surface area contributed by atoms with Crippen molar-refractivity contribution in [3.05, 3.63) is 36.0 Å². The maximum absolute atomic E-state index is 4.55. The summed E-state index contributed by atoms with van der Waals surface area (Å²) in [5.74, 6) is 2.62. The monoisotopic (exact) mass is 354 g/mol. The second kappa shape index (κ2) is 6.65. The van der Waals surface area contributed by atoms with E-state index in [9.17, 15) is 0 Å². The summed E-state index contributed by atoms with van der Waals surface area (Å²) in [6, 6.07) is 4.31. The number of fused-ring (bicyclic) bond motifs is 1. The van der Waals surface area contributed by atoms with Gasteiger partial charge in [0, 0.05) is 69.6 Å². The SMILES string of the molecule is Cn1nccc1CCN1CC2CN(c3cc(C(C)(C)C)ncn3)CC2C1. The summed E-state index contributed by atoms with van der Waals surface area (Å²) in [6.07, 6.45) is 4.70. The van der Waals surface area contributed by atoms with E-state index in [0.717, 1.165) is 49.4 Å². The van der Waals surface area contributed by atoms with Crippen molar-refractivity contribution in [2.24, 2.45) is 18.9 Å². The molecule has 2 fully saturated rings. The molecule has 0 spiro atoms. The second-order valence-electron chi connectivity index (χ2n) is 8.89. The largest absolute Gasteiger partial charge is 0.356 e. The van der Waals surface area contributed by atoms with Gasteiger partial charge < -0.3 is 9.80 Å². The molecule has 2 aromatic heterocycles. The molecule has 26 heavy (non-hydrogen) atoms. The van der Waals surface area contributed by atoms with Crippen molar-refractivity contribution >= 4 is 5.82 Å². The molecule has 6 nitrogen and oxygen atoms in total. The Morgan fingerprint density at radius 1 is 1.08 bits per heavy atom. The Bertz CT molecular complexity index is 748. The Balaban J connectivity index is 1.34. The number of nitrogens with zero attached hydrogens (tertiary/aromatic N) is 6. The minimum atomic E-state index is 0.0654. The van der Waals surface area contributed by atoms with Crippen LogP contribution in [0.2, 0.25) is 0 Å². The molecule has 140 valence electrons. The average Bonchev–Trinajstić information content (AvgIpc) is 3.26. The lowest BCUT2D eigenvalue weighted by atomic mass is 9.92. The summed E-state index contributed by atoms with van der Waals surface area (Å²) in [5.41, 5.74) is 2.51. The fraction of sp³-hybridized carbons (Fsp3) is 0.650. The molecular formula is C20H30N6. The first kappa shape index (κ1) is 17.5. The summed E-state index contributed by atoms with van der Waals surface area (Å²) in [7, 11) is 2.03. The molecule has 6 heteroatoms. The predicted octanol–water partition coefficient (Wildman–Crippen LogP) is 2.12. The molecule has 2 aliphatic heterocycles. The van der Waals surface area contributed by atoms with E-state index in [1.54, 1.807) is 6.33 Å². The molecule has 0 bridgehead atoms. The van der Waals surface area contributed by atoms with Gasteiger partial charge in [-0.25, -0.2) is 9.97 Å². The van der Waals surface area contributed by atoms with Gasteiger partial charge in [0.1, 0.15) is 12.1 Å². The molecule has 0 amide bonds. The van der Waals surface area contributed by atoms with Gasteiger partial charge in [-0.1, -0.05) is 20.8 Å². The quantitative estimate of drug-likeness (QED) is 0.842. The van der Waals surface area contributed by atoms with E-state index in [0.29, 0.717) is 0 Å². The summed E-state index contributed by atoms with van der Waals surface area (Å²) < 4.78 is 1.99. The van der Waals surface area contributed by atoms with E-state index in [1.165, 1.54) is 18.8 Å². The number of likely N-dealkylation sites (tertiary alicyclic amines) is 1. The first-order valence-electron chi connectivity index (χ1n) is 9.67. The van der Waals surface area contributed by atoms with Gasteiger partial charge in [-0.2, -0.15) is 5.10 Å². The number of hydrogen-bond donors (Lipinski definition) is 0. The normalized spacial score (nSPS) is 23.6. The molecule has 0 N–H and O–H groups in total. The molecule has 2 unspecified atom stereocenters. The third kappa shape index (κ3) is 3.47. The summed E-state index contributed by atoms with van der Waals surface area (Å²) >= 11 is 0. The fourth-order valence-corrected chi connectivity index (χ4v) is 4.31. The summed E-state index contributed by atoms with van der Waals surface area (Å²) in [6.45, 7) is 12.4. The number of rotatable bonds is 4. The molecule has 0 saturated carbocycles. The van der Waals surface area contributed by atoms with Crippen molar-refractivity contribution in [3.8, 4) is 0 Å². The van der Waals surface area contributed by atoms with Crippen molar-refractivity contribution < 1.29 is 0 Å². The van der Waals surface area contributed by atoms with Gasteiger partial charge in [0.2, 0.25) is 0 Å². The van der Waals surface area contributed by atoms with Crippen LogP contribution < -0.4 is 4.90 Å². The summed E-state index contributed by atoms with van der Waals surface area (Å²) in [4.78, 5) is 14.1. The maximum Gasteiger partial charge on any atom is 0.132 e. The van der Waals surface area contributed by atoms with Gasteiger partial charge in [0.25, 0.3) is 0 Å². The Morgan fingerprint density at radius 3 is 2.42 bits per heavy atom. The van der Waals surface area contributed by atoms with Crippen LogP contribution in [0.1, 0.15) is 32.2 Å². The zero-order valence-electron chi connectivity index (χ0n) is 16.4. The van der Waals surface area contributed by atoms with E-state index in [1.807, 2.05) is 17.9 Å². The van der Waals surface area contributed by atoms with Crippen LogP contribution in [0.15, 0.2) is 24.7 Å². The van der Waals surface area contributed by atoms with Crippen LogP contribution in [-0.2, 0) is 18.9 Å². The van der Waals surface area contributed by atoms with Crippen molar-refractivity contribution in [2.45, 2.75) is 32.6 Å². The van der Waals surface area contributed by atoms with Crippen molar-refractivity contribution in [1.82, 2.24) is 24.6 Å². The molecule has 4 rings (SSSR count). The van der Waals surface area contributed by atoms with E-state index < -0.39 is 0 Å². The van der Waals surface area contributed by atoms with Gasteiger partial charge in [-0.05, 0) is 17.9 Å². The molecule has 2 atom stereocenters. The highest BCUT2D eigenvalue weighted by Crippen LogP contribution is 2.34. The number of aromatic nitrogens is 4.